The lowest BCUT2D eigenvalue weighted by Gasteiger charge is -2.41. The van der Waals surface area contributed by atoms with Crippen molar-refractivity contribution in [2.45, 2.75) is 45.7 Å². The predicted octanol–water partition coefficient (Wildman–Crippen LogP) is 4.79. The number of carbonyl (C=O) groups is 1. The molecule has 4 nitrogen and oxygen atoms in total. The molecule has 1 saturated carbocycles. The predicted molar refractivity (Wildman–Crippen MR) is 119 cm³/mol. The van der Waals surface area contributed by atoms with Crippen LogP contribution in [0, 0.1) is 17.2 Å². The number of nitrogens with zero attached hydrogens (tertiary/aromatic N) is 1. The minimum Gasteiger partial charge on any atom is -0.386 e. The van der Waals surface area contributed by atoms with E-state index >= 15 is 0 Å². The number of anilines is 1. The fourth-order valence-electron chi connectivity index (χ4n) is 4.62. The summed E-state index contributed by atoms with van der Waals surface area (Å²) in [6.07, 6.45) is 6.75. The molecule has 1 amide bonds. The summed E-state index contributed by atoms with van der Waals surface area (Å²) in [6, 6.07) is 16.8. The molecule has 2 aromatic rings. The van der Waals surface area contributed by atoms with E-state index in [9.17, 15) is 4.79 Å². The van der Waals surface area contributed by atoms with Crippen molar-refractivity contribution in [1.29, 1.82) is 5.41 Å². The van der Waals surface area contributed by atoms with Crippen LogP contribution in [-0.2, 0) is 17.8 Å². The van der Waals surface area contributed by atoms with Crippen molar-refractivity contribution in [3.63, 3.8) is 0 Å². The maximum Gasteiger partial charge on any atom is 0.224 e. The molecular formula is C25H29N3O. The second kappa shape index (κ2) is 8.24. The summed E-state index contributed by atoms with van der Waals surface area (Å²) in [5.41, 5.74) is 5.32. The zero-order chi connectivity index (χ0) is 20.4. The zero-order valence-corrected chi connectivity index (χ0v) is 17.2. The number of carbonyl (C=O) groups excluding carboxylic acids is 1. The number of hydrogen-bond acceptors (Lipinski definition) is 3. The second-order valence-electron chi connectivity index (χ2n) is 8.35. The first-order valence-electron chi connectivity index (χ1n) is 10.5. The van der Waals surface area contributed by atoms with E-state index < -0.39 is 0 Å². The van der Waals surface area contributed by atoms with Gasteiger partial charge < -0.3 is 15.6 Å². The van der Waals surface area contributed by atoms with Gasteiger partial charge in [0.05, 0.1) is 0 Å². The molecule has 1 fully saturated rings. The molecule has 29 heavy (non-hydrogen) atoms. The fraction of sp³-hybridized carbons (Fsp3) is 0.360. The number of nitrogens with one attached hydrogen (secondary N) is 2. The molecule has 2 aromatic carbocycles. The largest absolute Gasteiger partial charge is 0.386 e. The van der Waals surface area contributed by atoms with Crippen LogP contribution in [-0.4, -0.2) is 18.2 Å². The highest BCUT2D eigenvalue weighted by molar-refractivity contribution is 6.08. The number of fused-ring (bicyclic) bond motifs is 1. The van der Waals surface area contributed by atoms with Crippen LogP contribution < -0.4 is 10.2 Å². The minimum absolute atomic E-state index is 0.134. The van der Waals surface area contributed by atoms with Crippen LogP contribution in [0.1, 0.15) is 43.4 Å². The number of amides is 1. The molecule has 4 heteroatoms. The summed E-state index contributed by atoms with van der Waals surface area (Å²) in [5.74, 6) is 1.24. The monoisotopic (exact) mass is 387 g/mol. The highest BCUT2D eigenvalue weighted by Crippen LogP contribution is 2.45. The van der Waals surface area contributed by atoms with Crippen LogP contribution in [0.4, 0.5) is 5.69 Å². The highest BCUT2D eigenvalue weighted by Gasteiger charge is 2.43. The smallest absolute Gasteiger partial charge is 0.224 e. The summed E-state index contributed by atoms with van der Waals surface area (Å²) in [7, 11) is 0. The molecule has 1 heterocycles. The molecule has 0 saturated heterocycles. The Morgan fingerprint density at radius 1 is 1.21 bits per heavy atom. The molecular weight excluding hydrogens is 358 g/mol. The van der Waals surface area contributed by atoms with E-state index in [1.165, 1.54) is 30.2 Å². The molecule has 2 atom stereocenters. The van der Waals surface area contributed by atoms with Gasteiger partial charge in [-0.15, -0.1) is 0 Å². The zero-order valence-electron chi connectivity index (χ0n) is 17.2. The Morgan fingerprint density at radius 2 is 1.97 bits per heavy atom. The number of rotatable bonds is 6. The number of benzene rings is 2. The Morgan fingerprint density at radius 3 is 2.62 bits per heavy atom. The average molecular weight is 388 g/mol. The Kier molecular flexibility index (Phi) is 5.52. The second-order valence-corrected chi connectivity index (χ2v) is 8.35. The Balaban J connectivity index is 1.58. The molecule has 2 aliphatic rings. The van der Waals surface area contributed by atoms with Gasteiger partial charge in [-0.05, 0) is 59.9 Å². The SMILES string of the molecule is CC(=O)N1c2ccc(/C(C=N)=C/NCc3ccccc3)cc2CC(C)[C@@H]1C1CC1. The van der Waals surface area contributed by atoms with Gasteiger partial charge in [-0.25, -0.2) is 0 Å². The average Bonchev–Trinajstić information content (AvgIpc) is 3.55. The maximum absolute atomic E-state index is 12.5. The Labute approximate surface area is 173 Å². The van der Waals surface area contributed by atoms with Crippen molar-refractivity contribution in [2.24, 2.45) is 11.8 Å². The van der Waals surface area contributed by atoms with Gasteiger partial charge in [-0.1, -0.05) is 43.3 Å². The number of hydrogen-bond donors (Lipinski definition) is 2. The summed E-state index contributed by atoms with van der Waals surface area (Å²) in [4.78, 5) is 14.5. The van der Waals surface area contributed by atoms with Gasteiger partial charge in [0.2, 0.25) is 5.91 Å². The van der Waals surface area contributed by atoms with E-state index in [0.717, 1.165) is 29.8 Å². The van der Waals surface area contributed by atoms with Crippen LogP contribution in [0.5, 0.6) is 0 Å². The van der Waals surface area contributed by atoms with Gasteiger partial charge >= 0.3 is 0 Å². The molecule has 4 rings (SSSR count). The first kappa shape index (κ1) is 19.4. The first-order chi connectivity index (χ1) is 14.1. The van der Waals surface area contributed by atoms with Crippen molar-refractivity contribution >= 4 is 23.4 Å². The van der Waals surface area contributed by atoms with E-state index in [1.54, 1.807) is 6.92 Å². The Bertz CT molecular complexity index is 930. The van der Waals surface area contributed by atoms with Gasteiger partial charge in [0.25, 0.3) is 0 Å². The summed E-state index contributed by atoms with van der Waals surface area (Å²) < 4.78 is 0. The van der Waals surface area contributed by atoms with Crippen LogP contribution in [0.25, 0.3) is 5.57 Å². The van der Waals surface area contributed by atoms with Gasteiger partial charge in [0.1, 0.15) is 0 Å². The molecule has 0 spiro atoms. The summed E-state index contributed by atoms with van der Waals surface area (Å²) in [5, 5.41) is 11.2. The van der Waals surface area contributed by atoms with E-state index in [0.29, 0.717) is 17.9 Å². The molecule has 0 radical (unpaired) electrons. The lowest BCUT2D eigenvalue weighted by Crippen LogP contribution is -2.48. The maximum atomic E-state index is 12.5. The van der Waals surface area contributed by atoms with E-state index in [2.05, 4.69) is 36.5 Å². The van der Waals surface area contributed by atoms with Crippen LogP contribution >= 0.6 is 0 Å². The lowest BCUT2D eigenvalue weighted by atomic mass is 9.83. The number of allylic oxidation sites excluding steroid dienone is 1. The topological polar surface area (TPSA) is 56.2 Å². The van der Waals surface area contributed by atoms with Crippen LogP contribution in [0.15, 0.2) is 54.7 Å². The quantitative estimate of drug-likeness (QED) is 0.700. The van der Waals surface area contributed by atoms with Crippen LogP contribution in [0.2, 0.25) is 0 Å². The van der Waals surface area contributed by atoms with Crippen molar-refractivity contribution in [3.8, 4) is 0 Å². The third-order valence-electron chi connectivity index (χ3n) is 6.10. The van der Waals surface area contributed by atoms with Crippen molar-refractivity contribution in [2.75, 3.05) is 4.90 Å². The Hall–Kier alpha value is -2.88. The van der Waals surface area contributed by atoms with Crippen LogP contribution in [0.3, 0.4) is 0 Å². The van der Waals surface area contributed by atoms with E-state index in [-0.39, 0.29) is 5.91 Å². The normalized spacial score (nSPS) is 21.4. The summed E-state index contributed by atoms with van der Waals surface area (Å²) in [6.45, 7) is 4.67. The molecule has 2 N–H and O–H groups in total. The van der Waals surface area contributed by atoms with Crippen molar-refractivity contribution in [1.82, 2.24) is 5.32 Å². The molecule has 1 aliphatic heterocycles. The third-order valence-corrected chi connectivity index (χ3v) is 6.10. The first-order valence-corrected chi connectivity index (χ1v) is 10.5. The van der Waals surface area contributed by atoms with Gasteiger partial charge in [-0.3, -0.25) is 4.79 Å². The molecule has 0 aromatic heterocycles. The lowest BCUT2D eigenvalue weighted by molar-refractivity contribution is -0.117. The highest BCUT2D eigenvalue weighted by atomic mass is 16.2. The standard InChI is InChI=1S/C25H29N3O/c1-17-12-22-13-21(23(14-26)16-27-15-19-6-4-3-5-7-19)10-11-24(22)28(18(2)29)25(17)20-8-9-20/h3-7,10-11,13-14,16-17,20,25-27H,8-9,12,15H2,1-2H3/b23-16+,26-14?/t17?,25-/m1/s1. The fourth-order valence-corrected chi connectivity index (χ4v) is 4.62. The minimum atomic E-state index is 0.134. The molecule has 0 bridgehead atoms. The van der Waals surface area contributed by atoms with Crippen molar-refractivity contribution < 1.29 is 4.79 Å². The third kappa shape index (κ3) is 4.12. The van der Waals surface area contributed by atoms with E-state index in [1.807, 2.05) is 35.4 Å². The van der Waals surface area contributed by atoms with Gasteiger partial charge in [0, 0.05) is 43.2 Å². The van der Waals surface area contributed by atoms with E-state index in [4.69, 9.17) is 5.41 Å². The van der Waals surface area contributed by atoms with Gasteiger partial charge in [0.15, 0.2) is 0 Å². The molecule has 150 valence electrons. The summed E-state index contributed by atoms with van der Waals surface area (Å²) >= 11 is 0. The molecule has 1 unspecified atom stereocenters. The molecule has 1 aliphatic carbocycles. The van der Waals surface area contributed by atoms with Gasteiger partial charge in [-0.2, -0.15) is 0 Å². The van der Waals surface area contributed by atoms with Crippen molar-refractivity contribution in [3.05, 3.63) is 71.4 Å².